The Balaban J connectivity index is 2.08. The Labute approximate surface area is 127 Å². The van der Waals surface area contributed by atoms with Gasteiger partial charge in [-0.05, 0) is 35.4 Å². The fraction of sp³-hybridized carbons (Fsp3) is 0.176. The van der Waals surface area contributed by atoms with Crippen LogP contribution in [0.25, 0.3) is 10.8 Å². The summed E-state index contributed by atoms with van der Waals surface area (Å²) >= 11 is 0. The van der Waals surface area contributed by atoms with Crippen LogP contribution in [-0.2, 0) is 20.7 Å². The van der Waals surface area contributed by atoms with E-state index >= 15 is 0 Å². The van der Waals surface area contributed by atoms with Crippen LogP contribution in [0.15, 0.2) is 42.5 Å². The Morgan fingerprint density at radius 1 is 1.09 bits per heavy atom. The van der Waals surface area contributed by atoms with Crippen molar-refractivity contribution in [1.82, 2.24) is 0 Å². The maximum Gasteiger partial charge on any atom is 0.333 e. The van der Waals surface area contributed by atoms with Gasteiger partial charge in [0, 0.05) is 12.0 Å². The van der Waals surface area contributed by atoms with Crippen LogP contribution in [-0.4, -0.2) is 28.6 Å². The Kier molecular flexibility index (Phi) is 4.46. The third-order valence-electron chi connectivity index (χ3n) is 3.11. The summed E-state index contributed by atoms with van der Waals surface area (Å²) in [6.45, 7) is 4.65. The number of hydrogen-bond donors (Lipinski definition) is 2. The van der Waals surface area contributed by atoms with Crippen LogP contribution in [0.3, 0.4) is 0 Å². The minimum absolute atomic E-state index is 0.112. The van der Waals surface area contributed by atoms with Crippen molar-refractivity contribution in [3.8, 4) is 11.5 Å². The van der Waals surface area contributed by atoms with E-state index in [1.807, 2.05) is 0 Å². The predicted octanol–water partition coefficient (Wildman–Crippen LogP) is 2.48. The van der Waals surface area contributed by atoms with Crippen molar-refractivity contribution in [2.45, 2.75) is 13.3 Å². The van der Waals surface area contributed by atoms with Crippen LogP contribution in [0.2, 0.25) is 0 Å². The molecule has 2 rings (SSSR count). The molecule has 0 aliphatic rings. The molecule has 0 aliphatic heterocycles. The van der Waals surface area contributed by atoms with Crippen LogP contribution in [0.1, 0.15) is 12.5 Å². The zero-order chi connectivity index (χ0) is 16.3. The van der Waals surface area contributed by atoms with Crippen LogP contribution in [0.4, 0.5) is 0 Å². The molecule has 2 aromatic carbocycles. The van der Waals surface area contributed by atoms with Crippen LogP contribution in [0.5, 0.6) is 11.5 Å². The number of esters is 1. The van der Waals surface area contributed by atoms with Gasteiger partial charge in [0.15, 0.2) is 23.9 Å². The zero-order valence-corrected chi connectivity index (χ0v) is 12.1. The lowest BCUT2D eigenvalue weighted by Crippen LogP contribution is -2.15. The van der Waals surface area contributed by atoms with Crippen molar-refractivity contribution in [2.75, 3.05) is 6.61 Å². The number of Topliss-reactive ketones (excluding diaryl/α,β-unsaturated/α-hetero) is 1. The number of fused-ring (bicyclic) bond motifs is 1. The minimum Gasteiger partial charge on any atom is -0.504 e. The van der Waals surface area contributed by atoms with Gasteiger partial charge in [-0.2, -0.15) is 0 Å². The largest absolute Gasteiger partial charge is 0.504 e. The van der Waals surface area contributed by atoms with Gasteiger partial charge >= 0.3 is 5.97 Å². The fourth-order valence-electron chi connectivity index (χ4n) is 1.98. The molecule has 0 amide bonds. The first-order valence-corrected chi connectivity index (χ1v) is 6.66. The number of rotatable bonds is 5. The summed E-state index contributed by atoms with van der Waals surface area (Å²) in [6, 6.07) is 8.12. The molecule has 0 atom stereocenters. The maximum atomic E-state index is 11.8. The number of carbonyl (C=O) groups is 2. The number of ketones is 1. The van der Waals surface area contributed by atoms with E-state index in [4.69, 9.17) is 4.74 Å². The first kappa shape index (κ1) is 15.6. The van der Waals surface area contributed by atoms with E-state index in [1.165, 1.54) is 19.1 Å². The van der Waals surface area contributed by atoms with E-state index in [9.17, 15) is 19.8 Å². The summed E-state index contributed by atoms with van der Waals surface area (Å²) in [7, 11) is 0. The van der Waals surface area contributed by atoms with E-state index in [0.29, 0.717) is 5.39 Å². The average molecular weight is 300 g/mol. The lowest BCUT2D eigenvalue weighted by Gasteiger charge is -2.06. The number of ether oxygens (including phenoxy) is 1. The summed E-state index contributed by atoms with van der Waals surface area (Å²) in [5.74, 6) is -1.24. The van der Waals surface area contributed by atoms with Gasteiger partial charge in [-0.25, -0.2) is 4.79 Å². The van der Waals surface area contributed by atoms with Gasteiger partial charge in [-0.1, -0.05) is 24.8 Å². The molecule has 2 aromatic rings. The van der Waals surface area contributed by atoms with Crippen molar-refractivity contribution in [3.05, 3.63) is 48.0 Å². The second-order valence-electron chi connectivity index (χ2n) is 5.09. The average Bonchev–Trinajstić information content (AvgIpc) is 2.46. The van der Waals surface area contributed by atoms with Gasteiger partial charge in [-0.3, -0.25) is 4.79 Å². The monoisotopic (exact) mass is 300 g/mol. The molecular weight excluding hydrogens is 284 g/mol. The number of hydrogen-bond acceptors (Lipinski definition) is 5. The van der Waals surface area contributed by atoms with Crippen molar-refractivity contribution >= 4 is 22.5 Å². The summed E-state index contributed by atoms with van der Waals surface area (Å²) in [4.78, 5) is 23.0. The summed E-state index contributed by atoms with van der Waals surface area (Å²) in [5.41, 5.74) is 0.975. The molecular formula is C17H16O5. The summed E-state index contributed by atoms with van der Waals surface area (Å²) < 4.78 is 4.80. The molecule has 5 nitrogen and oxygen atoms in total. The summed E-state index contributed by atoms with van der Waals surface area (Å²) in [5, 5.41) is 20.4. The van der Waals surface area contributed by atoms with Gasteiger partial charge in [-0.15, -0.1) is 0 Å². The lowest BCUT2D eigenvalue weighted by atomic mass is 10.0. The van der Waals surface area contributed by atoms with Crippen molar-refractivity contribution in [3.63, 3.8) is 0 Å². The highest BCUT2D eigenvalue weighted by Gasteiger charge is 2.10. The zero-order valence-electron chi connectivity index (χ0n) is 12.1. The van der Waals surface area contributed by atoms with Crippen LogP contribution >= 0.6 is 0 Å². The molecule has 5 heteroatoms. The Morgan fingerprint density at radius 3 is 2.36 bits per heavy atom. The Hall–Kier alpha value is -2.82. The van der Waals surface area contributed by atoms with Gasteiger partial charge in [0.1, 0.15) is 0 Å². The molecule has 0 unspecified atom stereocenters. The Bertz CT molecular complexity index is 761. The number of benzene rings is 2. The standard InChI is InChI=1S/C17H16O5/c1-10(2)17(21)22-9-14(18)6-11-3-4-12-7-15(19)16(20)8-13(12)5-11/h3-5,7-8,19-20H,1,6,9H2,2H3. The molecule has 114 valence electrons. The van der Waals surface area contributed by atoms with E-state index < -0.39 is 5.97 Å². The van der Waals surface area contributed by atoms with E-state index in [1.54, 1.807) is 18.2 Å². The second kappa shape index (κ2) is 6.30. The first-order valence-electron chi connectivity index (χ1n) is 6.66. The third-order valence-corrected chi connectivity index (χ3v) is 3.11. The van der Waals surface area contributed by atoms with Crippen molar-refractivity contribution in [1.29, 1.82) is 0 Å². The van der Waals surface area contributed by atoms with Gasteiger partial charge in [0.05, 0.1) is 0 Å². The highest BCUT2D eigenvalue weighted by molar-refractivity contribution is 5.91. The quantitative estimate of drug-likeness (QED) is 0.503. The fourth-order valence-corrected chi connectivity index (χ4v) is 1.98. The normalized spacial score (nSPS) is 10.4. The molecule has 0 saturated carbocycles. The Morgan fingerprint density at radius 2 is 1.73 bits per heavy atom. The topological polar surface area (TPSA) is 83.8 Å². The minimum atomic E-state index is -0.591. The number of phenolic OH excluding ortho intramolecular Hbond substituents is 2. The maximum absolute atomic E-state index is 11.8. The smallest absolute Gasteiger partial charge is 0.333 e. The summed E-state index contributed by atoms with van der Waals surface area (Å²) in [6.07, 6.45) is 0.112. The molecule has 0 radical (unpaired) electrons. The van der Waals surface area contributed by atoms with Gasteiger partial charge in [0.25, 0.3) is 0 Å². The van der Waals surface area contributed by atoms with Crippen LogP contribution in [0, 0.1) is 0 Å². The molecule has 0 fully saturated rings. The van der Waals surface area contributed by atoms with E-state index in [2.05, 4.69) is 6.58 Å². The molecule has 0 aliphatic carbocycles. The first-order chi connectivity index (χ1) is 10.4. The van der Waals surface area contributed by atoms with Crippen LogP contribution < -0.4 is 0 Å². The molecule has 0 aromatic heterocycles. The molecule has 22 heavy (non-hydrogen) atoms. The SMILES string of the molecule is C=C(C)C(=O)OCC(=O)Cc1ccc2cc(O)c(O)cc2c1. The molecule has 0 spiro atoms. The molecule has 2 N–H and O–H groups in total. The number of carbonyl (C=O) groups excluding carboxylic acids is 2. The molecule has 0 heterocycles. The lowest BCUT2D eigenvalue weighted by molar-refractivity contribution is -0.143. The second-order valence-corrected chi connectivity index (χ2v) is 5.09. The van der Waals surface area contributed by atoms with Gasteiger partial charge in [0.2, 0.25) is 0 Å². The number of aromatic hydroxyl groups is 2. The van der Waals surface area contributed by atoms with Crippen molar-refractivity contribution < 1.29 is 24.5 Å². The van der Waals surface area contributed by atoms with Crippen molar-refractivity contribution in [2.24, 2.45) is 0 Å². The molecule has 0 bridgehead atoms. The van der Waals surface area contributed by atoms with E-state index in [0.717, 1.165) is 10.9 Å². The molecule has 0 saturated heterocycles. The van der Waals surface area contributed by atoms with Gasteiger partial charge < -0.3 is 14.9 Å². The third kappa shape index (κ3) is 3.63. The van der Waals surface area contributed by atoms with E-state index in [-0.39, 0.29) is 35.9 Å². The number of phenols is 2. The highest BCUT2D eigenvalue weighted by atomic mass is 16.5. The highest BCUT2D eigenvalue weighted by Crippen LogP contribution is 2.30. The predicted molar refractivity (Wildman–Crippen MR) is 81.8 cm³/mol.